The Hall–Kier alpha value is -6.25. The standard InChI is InChI=1S/C52H65F2N12O8.ClH.HI/c1-5-47(35(2)67)66-50(69)65(33-59-66)42-13-11-40(12-14-42)61-22-24-62(25-23-61)41-15-17-43(18-16-41)71-28-37-27-52(73-29-37,44-19-10-39(53)26-45(44)54)31-64-34-63(32-58-64)36(3)74-51(70)60(4)48-38(8-7-21-57-48)30-72-49(68)46(56)9-6-20-55;;/h7-8,10-19,21,26,32-37,46-47,67H,5-6,9,20,22-25,27-31,55-56H2,1-4H3;2*1H/q+1;;/p-1/t35-,36?,37+,46-,47-,52-;;/m0../s1. The highest BCUT2D eigenvalue weighted by atomic mass is 127. The lowest BCUT2D eigenvalue weighted by molar-refractivity contribution is -0.753. The van der Waals surface area contributed by atoms with Crippen molar-refractivity contribution in [3.05, 3.63) is 137 Å². The first-order valence-electron chi connectivity index (χ1n) is 24.9. The summed E-state index contributed by atoms with van der Waals surface area (Å²) in [6, 6.07) is 21.3. The Morgan fingerprint density at radius 3 is 2.30 bits per heavy atom. The van der Waals surface area contributed by atoms with E-state index >= 15 is 4.39 Å². The molecule has 0 spiro atoms. The van der Waals surface area contributed by atoms with Crippen molar-refractivity contribution in [1.29, 1.82) is 0 Å². The maximum absolute atomic E-state index is 15.6. The van der Waals surface area contributed by atoms with Crippen LogP contribution >= 0.6 is 12.4 Å². The van der Waals surface area contributed by atoms with Crippen molar-refractivity contribution in [3.63, 3.8) is 0 Å². The summed E-state index contributed by atoms with van der Waals surface area (Å²) in [7, 11) is 1.48. The third-order valence-electron chi connectivity index (χ3n) is 13.6. The van der Waals surface area contributed by atoms with E-state index in [4.69, 9.17) is 30.4 Å². The van der Waals surface area contributed by atoms with Gasteiger partial charge in [-0.25, -0.2) is 32.6 Å². The fourth-order valence-electron chi connectivity index (χ4n) is 9.46. The number of anilines is 3. The van der Waals surface area contributed by atoms with Crippen molar-refractivity contribution in [2.75, 3.05) is 67.7 Å². The van der Waals surface area contributed by atoms with Crippen molar-refractivity contribution < 1.29 is 71.0 Å². The molecule has 1 amide bonds. The van der Waals surface area contributed by atoms with Gasteiger partial charge >= 0.3 is 17.8 Å². The minimum Gasteiger partial charge on any atom is -1.00 e. The molecular formula is C52H66ClF2IN12O8. The summed E-state index contributed by atoms with van der Waals surface area (Å²) in [4.78, 5) is 49.1. The molecule has 3 aromatic heterocycles. The number of carbonyl (C=O) groups is 2. The second-order valence-corrected chi connectivity index (χ2v) is 18.8. The zero-order valence-corrected chi connectivity index (χ0v) is 45.8. The summed E-state index contributed by atoms with van der Waals surface area (Å²) in [5, 5.41) is 18.9. The van der Waals surface area contributed by atoms with Gasteiger partial charge in [-0.2, -0.15) is 9.67 Å². The van der Waals surface area contributed by atoms with Gasteiger partial charge in [0.2, 0.25) is 12.6 Å². The van der Waals surface area contributed by atoms with Crippen molar-refractivity contribution >= 4 is 41.7 Å². The molecule has 6 aromatic rings. The Morgan fingerprint density at radius 1 is 0.987 bits per heavy atom. The van der Waals surface area contributed by atoms with Crippen molar-refractivity contribution in [1.82, 2.24) is 29.1 Å². The van der Waals surface area contributed by atoms with Crippen LogP contribution in [0.2, 0.25) is 0 Å². The predicted octanol–water partition coefficient (Wildman–Crippen LogP) is 2.19. The number of aliphatic hydroxyl groups excluding tert-OH is 1. The van der Waals surface area contributed by atoms with Gasteiger partial charge in [0.1, 0.15) is 54.3 Å². The number of nitrogens with two attached hydrogens (primary N) is 2. The summed E-state index contributed by atoms with van der Waals surface area (Å²) in [6.45, 7) is 9.22. The smallest absolute Gasteiger partial charge is 0.418 e. The molecule has 24 heteroatoms. The summed E-state index contributed by atoms with van der Waals surface area (Å²) in [5.41, 5.74) is 13.4. The molecule has 2 saturated heterocycles. The number of carbonyl (C=O) groups excluding carboxylic acids is 2. The lowest BCUT2D eigenvalue weighted by Gasteiger charge is -2.37. The fourth-order valence-corrected chi connectivity index (χ4v) is 9.46. The third kappa shape index (κ3) is 13.8. The van der Waals surface area contributed by atoms with Crippen LogP contribution in [-0.4, -0.2) is 111 Å². The molecule has 8 rings (SSSR count). The van der Waals surface area contributed by atoms with E-state index in [1.54, 1.807) is 41.6 Å². The van der Waals surface area contributed by atoms with E-state index in [0.29, 0.717) is 49.2 Å². The Balaban J connectivity index is 0.00000469. The molecule has 20 nitrogen and oxygen atoms in total. The van der Waals surface area contributed by atoms with Gasteiger partial charge in [0, 0.05) is 85.9 Å². The lowest BCUT2D eigenvalue weighted by atomic mass is 9.87. The van der Waals surface area contributed by atoms with Crippen LogP contribution in [-0.2, 0) is 37.8 Å². The number of halogens is 4. The maximum atomic E-state index is 15.6. The SMILES string of the molecule is CC[C@@H]([C@H](C)O)n1ncn(-c2ccc(N3CCN(c4ccc(OC[C@@H]5CO[C@@](Cn6c[n+](C(C)OC(=O)N(C)c7ncccc7COC(=O)[C@@H](N)CCCN)cn6)(c6ccc(F)cc6F)C5)cc4)CC3)cc2)c1=O.Cl.[I-]. The Bertz CT molecular complexity index is 2910. The van der Waals surface area contributed by atoms with Crippen molar-refractivity contribution in [2.45, 2.75) is 89.6 Å². The van der Waals surface area contributed by atoms with Gasteiger partial charge in [0.15, 0.2) is 0 Å². The van der Waals surface area contributed by atoms with Gasteiger partial charge < -0.3 is 69.3 Å². The number of aliphatic hydroxyl groups is 1. The number of piperazine rings is 1. The first-order valence-corrected chi connectivity index (χ1v) is 24.9. The molecule has 0 bridgehead atoms. The molecule has 76 heavy (non-hydrogen) atoms. The average Bonchev–Trinajstić information content (AvgIpc) is 4.16. The van der Waals surface area contributed by atoms with E-state index < -0.39 is 53.7 Å². The van der Waals surface area contributed by atoms with Crippen LogP contribution in [0.3, 0.4) is 0 Å². The number of ether oxygens (including phenoxy) is 4. The second kappa shape index (κ2) is 26.7. The predicted molar refractivity (Wildman–Crippen MR) is 277 cm³/mol. The zero-order chi connectivity index (χ0) is 52.5. The molecule has 2 aliphatic rings. The number of aromatic nitrogens is 7. The highest BCUT2D eigenvalue weighted by Crippen LogP contribution is 2.42. The molecule has 0 saturated carbocycles. The Labute approximate surface area is 462 Å². The van der Waals surface area contributed by atoms with Crippen LogP contribution in [0.5, 0.6) is 5.75 Å². The van der Waals surface area contributed by atoms with E-state index in [2.05, 4.69) is 25.0 Å². The summed E-state index contributed by atoms with van der Waals surface area (Å²) >= 11 is 0. The minimum absolute atomic E-state index is 0. The third-order valence-corrected chi connectivity index (χ3v) is 13.6. The number of amides is 1. The molecular weight excluding hydrogens is 1120 g/mol. The molecule has 1 unspecified atom stereocenters. The second-order valence-electron chi connectivity index (χ2n) is 18.8. The number of esters is 1. The topological polar surface area (TPSA) is 227 Å². The van der Waals surface area contributed by atoms with Crippen molar-refractivity contribution in [3.8, 4) is 11.4 Å². The normalized spacial score (nSPS) is 17.9. The van der Waals surface area contributed by atoms with Crippen LogP contribution < -0.4 is 65.1 Å². The molecule has 2 aliphatic heterocycles. The van der Waals surface area contributed by atoms with Gasteiger partial charge in [0.25, 0.3) is 6.33 Å². The molecule has 5 heterocycles. The molecule has 2 fully saturated rings. The first-order chi connectivity index (χ1) is 35.7. The van der Waals surface area contributed by atoms with Gasteiger partial charge in [-0.05, 0) is 99.8 Å². The quantitative estimate of drug-likeness (QED) is 0.0534. The van der Waals surface area contributed by atoms with Crippen LogP contribution in [0.25, 0.3) is 5.69 Å². The largest absolute Gasteiger partial charge is 1.00 e. The summed E-state index contributed by atoms with van der Waals surface area (Å²) in [5.74, 6) is -1.32. The summed E-state index contributed by atoms with van der Waals surface area (Å²) < 4.78 is 59.7. The fraction of sp³-hybridized carbons (Fsp3) is 0.442. The molecule has 410 valence electrons. The minimum atomic E-state index is -1.24. The number of nitrogens with zero attached hydrogens (tertiary/aromatic N) is 10. The van der Waals surface area contributed by atoms with Crippen LogP contribution in [0.15, 0.2) is 109 Å². The van der Waals surface area contributed by atoms with Crippen molar-refractivity contribution in [2.24, 2.45) is 17.4 Å². The number of hydrogen-bond acceptors (Lipinski definition) is 15. The highest BCUT2D eigenvalue weighted by Gasteiger charge is 2.46. The number of rotatable bonds is 21. The molecule has 6 atom stereocenters. The molecule has 0 radical (unpaired) electrons. The van der Waals surface area contributed by atoms with Crippen LogP contribution in [0.4, 0.5) is 30.8 Å². The van der Waals surface area contributed by atoms with Gasteiger partial charge in [-0.15, -0.1) is 17.1 Å². The lowest BCUT2D eigenvalue weighted by Crippen LogP contribution is -3.00. The maximum Gasteiger partial charge on any atom is 0.418 e. The van der Waals surface area contributed by atoms with Gasteiger partial charge in [0.05, 0.1) is 31.0 Å². The van der Waals surface area contributed by atoms with Crippen LogP contribution in [0.1, 0.15) is 69.9 Å². The van der Waals surface area contributed by atoms with E-state index in [9.17, 15) is 23.9 Å². The van der Waals surface area contributed by atoms with E-state index in [-0.39, 0.29) is 85.7 Å². The van der Waals surface area contributed by atoms with Crippen LogP contribution in [0, 0.1) is 17.6 Å². The molecule has 5 N–H and O–H groups in total. The van der Waals surface area contributed by atoms with E-state index in [1.165, 1.54) is 52.2 Å². The van der Waals surface area contributed by atoms with Gasteiger partial charge in [-0.3, -0.25) is 9.69 Å². The van der Waals surface area contributed by atoms with Gasteiger partial charge in [-0.1, -0.05) is 19.1 Å². The summed E-state index contributed by atoms with van der Waals surface area (Å²) in [6.07, 6.45) is 5.65. The number of pyridine rings is 1. The van der Waals surface area contributed by atoms with E-state index in [1.807, 2.05) is 55.5 Å². The Morgan fingerprint density at radius 2 is 1.66 bits per heavy atom. The van der Waals surface area contributed by atoms with E-state index in [0.717, 1.165) is 43.6 Å². The highest BCUT2D eigenvalue weighted by molar-refractivity contribution is 5.86. The average molecular weight is 1190 g/mol. The zero-order valence-electron chi connectivity index (χ0n) is 42.9. The molecule has 0 aliphatic carbocycles. The first kappa shape index (κ1) is 59.0. The molecule has 3 aromatic carbocycles. The number of benzene rings is 3. The number of hydrogen-bond donors (Lipinski definition) is 3. The Kier molecular flexibility index (Phi) is 20.7. The monoisotopic (exact) mass is 1190 g/mol.